The van der Waals surface area contributed by atoms with Crippen molar-refractivity contribution in [1.82, 2.24) is 5.32 Å². The molecule has 1 aliphatic heterocycles. The number of hydrogen-bond acceptors (Lipinski definition) is 9. The first-order chi connectivity index (χ1) is 16.9. The molecule has 3 rings (SSSR count). The van der Waals surface area contributed by atoms with Crippen molar-refractivity contribution in [2.75, 3.05) is 6.61 Å². The Hall–Kier alpha value is -2.85. The number of aliphatic hydroxyl groups is 3. The number of nitrogens with one attached hydrogen (secondary N) is 2. The second kappa shape index (κ2) is 11.5. The van der Waals surface area contributed by atoms with Crippen LogP contribution in [-0.2, 0) is 4.74 Å². The summed E-state index contributed by atoms with van der Waals surface area (Å²) < 4.78 is 86.7. The van der Waals surface area contributed by atoms with E-state index < -0.39 is 66.0 Å². The summed E-state index contributed by atoms with van der Waals surface area (Å²) in [7, 11) is 0. The monoisotopic (exact) mass is 539 g/mol. The van der Waals surface area contributed by atoms with Crippen LogP contribution in [0.25, 0.3) is 5.70 Å². The number of benzene rings is 2. The van der Waals surface area contributed by atoms with E-state index in [1.165, 1.54) is 12.1 Å². The van der Waals surface area contributed by atoms with Crippen LogP contribution in [0.3, 0.4) is 0 Å². The van der Waals surface area contributed by atoms with E-state index in [9.17, 15) is 41.7 Å². The van der Waals surface area contributed by atoms with E-state index in [4.69, 9.17) is 10.3 Å². The van der Waals surface area contributed by atoms with Crippen LogP contribution in [0.5, 0.6) is 5.75 Å². The lowest BCUT2D eigenvalue weighted by Gasteiger charge is -2.42. The zero-order valence-corrected chi connectivity index (χ0v) is 18.7. The Morgan fingerprint density at radius 3 is 2.25 bits per heavy atom. The molecule has 1 heterocycles. The van der Waals surface area contributed by atoms with Crippen molar-refractivity contribution in [3.8, 4) is 5.75 Å². The maximum Gasteiger partial charge on any atom is 0.573 e. The zero-order chi connectivity index (χ0) is 26.6. The maximum absolute atomic E-state index is 13.6. The van der Waals surface area contributed by atoms with Crippen molar-refractivity contribution < 1.29 is 51.1 Å². The third-order valence-corrected chi connectivity index (χ3v) is 6.17. The van der Waals surface area contributed by atoms with Gasteiger partial charge in [-0.2, -0.15) is 5.11 Å². The molecular weight excluding hydrogens is 520 g/mol. The number of nitrogens with zero attached hydrogens (tertiary/aromatic N) is 1. The van der Waals surface area contributed by atoms with Crippen LogP contribution < -0.4 is 10.1 Å². The molecule has 0 amide bonds. The smallest absolute Gasteiger partial charge is 0.406 e. The van der Waals surface area contributed by atoms with Crippen molar-refractivity contribution in [2.24, 2.45) is 5.11 Å². The van der Waals surface area contributed by atoms with Crippen LogP contribution in [0.2, 0.25) is 0 Å². The Morgan fingerprint density at radius 2 is 1.72 bits per heavy atom. The predicted molar refractivity (Wildman–Crippen MR) is 113 cm³/mol. The number of alkyl halides is 3. The minimum absolute atomic E-state index is 0.310. The van der Waals surface area contributed by atoms with Gasteiger partial charge in [-0.15, -0.1) is 13.2 Å². The normalized spacial score (nSPS) is 24.9. The zero-order valence-electron chi connectivity index (χ0n) is 17.9. The van der Waals surface area contributed by atoms with Gasteiger partial charge in [-0.3, -0.25) is 0 Å². The molecule has 0 bridgehead atoms. The summed E-state index contributed by atoms with van der Waals surface area (Å²) in [6.07, 6.45) is -8.12. The number of aliphatic hydroxyl groups excluding tert-OH is 3. The Bertz CT molecular complexity index is 1080. The molecule has 36 heavy (non-hydrogen) atoms. The number of rotatable bonds is 8. The Morgan fingerprint density at radius 1 is 1.11 bits per heavy atom. The van der Waals surface area contributed by atoms with Gasteiger partial charge < -0.3 is 30.1 Å². The van der Waals surface area contributed by atoms with Crippen LogP contribution in [0.1, 0.15) is 5.56 Å². The molecule has 0 saturated carbocycles. The van der Waals surface area contributed by atoms with Crippen LogP contribution >= 0.6 is 11.8 Å². The maximum atomic E-state index is 13.6. The first-order valence-corrected chi connectivity index (χ1v) is 10.9. The largest absolute Gasteiger partial charge is 0.573 e. The van der Waals surface area contributed by atoms with E-state index in [0.29, 0.717) is 17.0 Å². The minimum Gasteiger partial charge on any atom is -0.406 e. The second-order valence-corrected chi connectivity index (χ2v) is 8.60. The molecule has 1 aliphatic rings. The van der Waals surface area contributed by atoms with Crippen LogP contribution in [0.4, 0.5) is 26.3 Å². The van der Waals surface area contributed by atoms with Crippen molar-refractivity contribution in [2.45, 2.75) is 41.0 Å². The highest BCUT2D eigenvalue weighted by molar-refractivity contribution is 7.99. The molecule has 0 aliphatic carbocycles. The summed E-state index contributed by atoms with van der Waals surface area (Å²) in [5.74, 6) is -5.22. The molecule has 5 atom stereocenters. The molecule has 0 aromatic heterocycles. The van der Waals surface area contributed by atoms with Gasteiger partial charge in [0.15, 0.2) is 17.5 Å². The summed E-state index contributed by atoms with van der Waals surface area (Å²) in [4.78, 5) is 0.357. The fourth-order valence-corrected chi connectivity index (χ4v) is 4.36. The molecule has 196 valence electrons. The molecule has 2 aromatic carbocycles. The van der Waals surface area contributed by atoms with Gasteiger partial charge in [0.25, 0.3) is 0 Å². The first kappa shape index (κ1) is 27.7. The van der Waals surface area contributed by atoms with Crippen LogP contribution in [0.15, 0.2) is 52.6 Å². The van der Waals surface area contributed by atoms with Crippen molar-refractivity contribution in [3.63, 3.8) is 0 Å². The molecule has 0 spiro atoms. The lowest BCUT2D eigenvalue weighted by atomic mass is 9.97. The number of thioether (sulfide) groups is 1. The minimum atomic E-state index is -4.87. The SMILES string of the molecule is N=N/C(=C\NC1C(O)[C@@H](Sc2ccc(OC(F)(F)F)cc2)OC(CO)[C@@H]1O)c1cc(F)c(F)c(F)c1. The lowest BCUT2D eigenvalue weighted by Crippen LogP contribution is -2.61. The van der Waals surface area contributed by atoms with Gasteiger partial charge in [0.1, 0.15) is 35.2 Å². The third kappa shape index (κ3) is 6.67. The number of halogens is 6. The Balaban J connectivity index is 1.79. The molecule has 1 saturated heterocycles. The van der Waals surface area contributed by atoms with Gasteiger partial charge in [-0.05, 0) is 36.4 Å². The lowest BCUT2D eigenvalue weighted by molar-refractivity contribution is -0.274. The summed E-state index contributed by atoms with van der Waals surface area (Å²) in [6, 6.07) is 4.59. The number of hydrogen-bond donors (Lipinski definition) is 5. The highest BCUT2D eigenvalue weighted by Gasteiger charge is 2.44. The summed E-state index contributed by atoms with van der Waals surface area (Å²) in [5, 5.41) is 36.5. The molecule has 0 radical (unpaired) electrons. The van der Waals surface area contributed by atoms with E-state index >= 15 is 0 Å². The quantitative estimate of drug-likeness (QED) is 0.197. The van der Waals surface area contributed by atoms with Gasteiger partial charge in [0, 0.05) is 16.7 Å². The van der Waals surface area contributed by atoms with E-state index in [-0.39, 0.29) is 11.3 Å². The van der Waals surface area contributed by atoms with Gasteiger partial charge in [-0.1, -0.05) is 11.8 Å². The molecule has 2 aromatic rings. The average Bonchev–Trinajstić information content (AvgIpc) is 2.81. The summed E-state index contributed by atoms with van der Waals surface area (Å²) in [5.41, 5.74) is 5.43. The standard InChI is InChI=1S/C21H19F6N3O5S/c22-12-5-9(6-13(23)16(12)24)14(30-28)7-29-17-18(32)15(8-31)34-20(19(17)33)36-11-3-1-10(2-4-11)35-21(25,26)27/h1-7,15,17-20,28-29,31-33H,8H2/b14-7-,30-28?/t15?,17?,18-,19?,20+/m0/s1. The van der Waals surface area contributed by atoms with Crippen LogP contribution in [-0.4, -0.2) is 58.1 Å². The molecular formula is C21H19F6N3O5S. The van der Waals surface area contributed by atoms with Crippen molar-refractivity contribution in [3.05, 3.63) is 65.6 Å². The first-order valence-electron chi connectivity index (χ1n) is 10.1. The molecule has 5 N–H and O–H groups in total. The Labute approximate surface area is 204 Å². The predicted octanol–water partition coefficient (Wildman–Crippen LogP) is 3.52. The van der Waals surface area contributed by atoms with E-state index in [1.807, 2.05) is 0 Å². The van der Waals surface area contributed by atoms with Gasteiger partial charge in [0.05, 0.1) is 12.6 Å². The van der Waals surface area contributed by atoms with Gasteiger partial charge >= 0.3 is 6.36 Å². The van der Waals surface area contributed by atoms with Gasteiger partial charge in [0.2, 0.25) is 0 Å². The molecule has 1 fully saturated rings. The highest BCUT2D eigenvalue weighted by atomic mass is 32.2. The molecule has 3 unspecified atom stereocenters. The highest BCUT2D eigenvalue weighted by Crippen LogP contribution is 2.35. The molecule has 15 heteroatoms. The van der Waals surface area contributed by atoms with E-state index in [0.717, 1.165) is 30.1 Å². The van der Waals surface area contributed by atoms with Crippen LogP contribution in [0, 0.1) is 23.0 Å². The van der Waals surface area contributed by atoms with E-state index in [2.05, 4.69) is 15.2 Å². The fourth-order valence-electron chi connectivity index (χ4n) is 3.29. The van der Waals surface area contributed by atoms with Crippen molar-refractivity contribution in [1.29, 1.82) is 5.53 Å². The summed E-state index contributed by atoms with van der Waals surface area (Å²) in [6.45, 7) is -0.671. The average molecular weight is 539 g/mol. The Kier molecular flexibility index (Phi) is 8.84. The van der Waals surface area contributed by atoms with Crippen molar-refractivity contribution >= 4 is 17.5 Å². The summed E-state index contributed by atoms with van der Waals surface area (Å²) >= 11 is 0.873. The molecule has 8 nitrogen and oxygen atoms in total. The topological polar surface area (TPSA) is 127 Å². The second-order valence-electron chi connectivity index (χ2n) is 7.43. The van der Waals surface area contributed by atoms with E-state index in [1.54, 1.807) is 0 Å². The third-order valence-electron chi connectivity index (χ3n) is 5.01. The number of ether oxygens (including phenoxy) is 2. The fraction of sp³-hybridized carbons (Fsp3) is 0.333. The van der Waals surface area contributed by atoms with Gasteiger partial charge in [-0.25, -0.2) is 18.7 Å².